The van der Waals surface area contributed by atoms with Crippen LogP contribution in [-0.4, -0.2) is 22.0 Å². The molecule has 1 aromatic heterocycles. The summed E-state index contributed by atoms with van der Waals surface area (Å²) in [6, 6.07) is 21.3. The van der Waals surface area contributed by atoms with Crippen molar-refractivity contribution in [2.24, 2.45) is 0 Å². The minimum Gasteiger partial charge on any atom is -0.340 e. The molecule has 0 spiro atoms. The summed E-state index contributed by atoms with van der Waals surface area (Å²) in [5.41, 5.74) is 11.0. The van der Waals surface area contributed by atoms with E-state index in [9.17, 15) is 4.79 Å². The third-order valence-electron chi connectivity index (χ3n) is 7.13. The van der Waals surface area contributed by atoms with Crippen molar-refractivity contribution >= 4 is 22.6 Å². The first kappa shape index (κ1) is 21.3. The Morgan fingerprint density at radius 3 is 2.61 bits per heavy atom. The number of rotatable bonds is 3. The lowest BCUT2D eigenvalue weighted by molar-refractivity contribution is 0.206. The lowest BCUT2D eigenvalue weighted by atomic mass is 10.0. The van der Waals surface area contributed by atoms with Crippen LogP contribution in [0.5, 0.6) is 0 Å². The average Bonchev–Trinajstić information content (AvgIpc) is 3.12. The minimum atomic E-state index is -0.0271. The van der Waals surface area contributed by atoms with E-state index in [1.165, 1.54) is 44.4 Å². The molecule has 1 aliphatic heterocycles. The number of nitrogens with zero attached hydrogens (tertiary/aromatic N) is 2. The van der Waals surface area contributed by atoms with Gasteiger partial charge in [0.05, 0.1) is 0 Å². The van der Waals surface area contributed by atoms with Gasteiger partial charge in [-0.1, -0.05) is 54.1 Å². The first-order chi connectivity index (χ1) is 15.9. The van der Waals surface area contributed by atoms with Crippen molar-refractivity contribution in [3.63, 3.8) is 0 Å². The fourth-order valence-electron chi connectivity index (χ4n) is 4.98. The first-order valence-electron chi connectivity index (χ1n) is 11.7. The smallest absolute Gasteiger partial charge is 0.322 e. The highest BCUT2D eigenvalue weighted by atomic mass is 16.2. The van der Waals surface area contributed by atoms with Crippen molar-refractivity contribution in [1.82, 2.24) is 9.47 Å². The van der Waals surface area contributed by atoms with E-state index in [0.717, 1.165) is 24.2 Å². The van der Waals surface area contributed by atoms with E-state index in [-0.39, 0.29) is 6.03 Å². The Kier molecular flexibility index (Phi) is 5.45. The molecule has 0 radical (unpaired) electrons. The monoisotopic (exact) mass is 437 g/mol. The summed E-state index contributed by atoms with van der Waals surface area (Å²) in [5, 5.41) is 4.39. The number of fused-ring (bicyclic) bond motifs is 3. The molecule has 0 fully saturated rings. The van der Waals surface area contributed by atoms with E-state index < -0.39 is 0 Å². The third kappa shape index (κ3) is 3.91. The molecule has 2 amide bonds. The van der Waals surface area contributed by atoms with E-state index in [2.05, 4.69) is 86.1 Å². The van der Waals surface area contributed by atoms with Gasteiger partial charge in [-0.2, -0.15) is 0 Å². The zero-order valence-electron chi connectivity index (χ0n) is 19.9. The molecule has 4 aromatic rings. The molecule has 1 N–H and O–H groups in total. The number of hydrogen-bond donors (Lipinski definition) is 1. The topological polar surface area (TPSA) is 37.3 Å². The molecular weight excluding hydrogens is 406 g/mol. The van der Waals surface area contributed by atoms with Crippen molar-refractivity contribution in [2.45, 2.75) is 47.2 Å². The number of aromatic nitrogens is 1. The Morgan fingerprint density at radius 2 is 1.76 bits per heavy atom. The number of benzene rings is 3. The highest BCUT2D eigenvalue weighted by Gasteiger charge is 2.27. The molecule has 5 rings (SSSR count). The molecule has 3 aromatic carbocycles. The van der Waals surface area contributed by atoms with E-state index in [1.807, 2.05) is 17.0 Å². The van der Waals surface area contributed by atoms with Gasteiger partial charge in [0.15, 0.2) is 0 Å². The van der Waals surface area contributed by atoms with Crippen molar-refractivity contribution in [3.05, 3.63) is 99.7 Å². The molecule has 1 aliphatic rings. The number of hydrogen-bond acceptors (Lipinski definition) is 1. The standard InChI is InChI=1S/C29H31N3O/c1-19-12-13-21(3)23(16-19)17-32-27-11-6-5-9-24(27)25-18-31(15-14-28(25)32)29(33)30-26-10-7-8-20(2)22(26)4/h5-13,16H,14-15,17-18H2,1-4H3,(H,30,33). The summed E-state index contributed by atoms with van der Waals surface area (Å²) >= 11 is 0. The zero-order valence-corrected chi connectivity index (χ0v) is 19.9. The maximum atomic E-state index is 13.2. The molecule has 4 heteroatoms. The summed E-state index contributed by atoms with van der Waals surface area (Å²) in [7, 11) is 0. The quantitative estimate of drug-likeness (QED) is 0.390. The molecule has 0 unspecified atom stereocenters. The lowest BCUT2D eigenvalue weighted by Crippen LogP contribution is -2.39. The highest BCUT2D eigenvalue weighted by Crippen LogP contribution is 2.32. The molecule has 2 heterocycles. The Labute approximate surface area is 195 Å². The summed E-state index contributed by atoms with van der Waals surface area (Å²) in [4.78, 5) is 15.1. The van der Waals surface area contributed by atoms with E-state index >= 15 is 0 Å². The zero-order chi connectivity index (χ0) is 23.1. The molecule has 0 saturated heterocycles. The van der Waals surface area contributed by atoms with Gasteiger partial charge in [-0.15, -0.1) is 0 Å². The second kappa shape index (κ2) is 8.43. The maximum Gasteiger partial charge on any atom is 0.322 e. The van der Waals surface area contributed by atoms with Crippen LogP contribution in [-0.2, 0) is 19.5 Å². The second-order valence-electron chi connectivity index (χ2n) is 9.31. The number of urea groups is 1. The molecule has 0 bridgehead atoms. The highest BCUT2D eigenvalue weighted by molar-refractivity contribution is 5.92. The van der Waals surface area contributed by atoms with Crippen molar-refractivity contribution in [3.8, 4) is 0 Å². The van der Waals surface area contributed by atoms with Crippen molar-refractivity contribution in [1.29, 1.82) is 0 Å². The predicted molar refractivity (Wildman–Crippen MR) is 136 cm³/mol. The van der Waals surface area contributed by atoms with Gasteiger partial charge in [0.1, 0.15) is 0 Å². The van der Waals surface area contributed by atoms with Crippen molar-refractivity contribution < 1.29 is 4.79 Å². The number of aryl methyl sites for hydroxylation is 3. The normalized spacial score (nSPS) is 13.3. The first-order valence-corrected chi connectivity index (χ1v) is 11.7. The van der Waals surface area contributed by atoms with Crippen LogP contribution >= 0.6 is 0 Å². The summed E-state index contributed by atoms with van der Waals surface area (Å²) in [6.07, 6.45) is 0.856. The van der Waals surface area contributed by atoms with Gasteiger partial charge < -0.3 is 14.8 Å². The van der Waals surface area contributed by atoms with Crippen LogP contribution in [0.3, 0.4) is 0 Å². The number of amides is 2. The molecule has 0 aliphatic carbocycles. The molecule has 0 saturated carbocycles. The molecular formula is C29H31N3O. The third-order valence-corrected chi connectivity index (χ3v) is 7.13. The number of carbonyl (C=O) groups is 1. The number of anilines is 1. The number of nitrogens with one attached hydrogen (secondary N) is 1. The van der Waals surface area contributed by atoms with Gasteiger partial charge in [0.2, 0.25) is 0 Å². The summed E-state index contributed by atoms with van der Waals surface area (Å²) in [6.45, 7) is 10.7. The van der Waals surface area contributed by atoms with Crippen molar-refractivity contribution in [2.75, 3.05) is 11.9 Å². The van der Waals surface area contributed by atoms with E-state index in [1.54, 1.807) is 0 Å². The lowest BCUT2D eigenvalue weighted by Gasteiger charge is -2.29. The summed E-state index contributed by atoms with van der Waals surface area (Å²) in [5.74, 6) is 0. The van der Waals surface area contributed by atoms with Crippen LogP contribution in [0.4, 0.5) is 10.5 Å². The molecule has 33 heavy (non-hydrogen) atoms. The van der Waals surface area contributed by atoms with Gasteiger partial charge in [0, 0.05) is 53.9 Å². The SMILES string of the molecule is Cc1ccc(C)c(Cn2c3c(c4ccccc42)CN(C(=O)Nc2cccc(C)c2C)CC3)c1. The number of para-hydroxylation sites is 1. The molecule has 168 valence electrons. The van der Waals surface area contributed by atoms with Gasteiger partial charge in [0.25, 0.3) is 0 Å². The molecule has 4 nitrogen and oxygen atoms in total. The fourth-order valence-corrected chi connectivity index (χ4v) is 4.98. The predicted octanol–water partition coefficient (Wildman–Crippen LogP) is 6.51. The molecule has 0 atom stereocenters. The van der Waals surface area contributed by atoms with Crippen LogP contribution in [0.15, 0.2) is 60.7 Å². The van der Waals surface area contributed by atoms with Crippen LogP contribution in [0.25, 0.3) is 10.9 Å². The number of carbonyl (C=O) groups excluding carboxylic acids is 1. The minimum absolute atomic E-state index is 0.0271. The van der Waals surface area contributed by atoms with Crippen LogP contribution in [0, 0.1) is 27.7 Å². The van der Waals surface area contributed by atoms with Crippen LogP contribution in [0.1, 0.15) is 39.1 Å². The Balaban J connectivity index is 1.47. The van der Waals surface area contributed by atoms with E-state index in [4.69, 9.17) is 0 Å². The van der Waals surface area contributed by atoms with Crippen LogP contribution < -0.4 is 5.32 Å². The Hall–Kier alpha value is -3.53. The van der Waals surface area contributed by atoms with E-state index in [0.29, 0.717) is 13.1 Å². The average molecular weight is 438 g/mol. The Bertz CT molecular complexity index is 1370. The Morgan fingerprint density at radius 1 is 0.939 bits per heavy atom. The largest absolute Gasteiger partial charge is 0.340 e. The van der Waals surface area contributed by atoms with Gasteiger partial charge >= 0.3 is 6.03 Å². The fraction of sp³-hybridized carbons (Fsp3) is 0.276. The second-order valence-corrected chi connectivity index (χ2v) is 9.31. The van der Waals surface area contributed by atoms with Gasteiger partial charge in [-0.05, 0) is 62.1 Å². The van der Waals surface area contributed by atoms with Crippen LogP contribution in [0.2, 0.25) is 0 Å². The van der Waals surface area contributed by atoms with Gasteiger partial charge in [-0.3, -0.25) is 0 Å². The summed E-state index contributed by atoms with van der Waals surface area (Å²) < 4.78 is 2.46. The van der Waals surface area contributed by atoms with Gasteiger partial charge in [-0.25, -0.2) is 4.79 Å². The maximum absolute atomic E-state index is 13.2.